The molecule has 2 aromatic carbocycles. The number of rotatable bonds is 5. The highest BCUT2D eigenvalue weighted by Gasteiger charge is 2.09. The summed E-state index contributed by atoms with van der Waals surface area (Å²) in [5.41, 5.74) is 6.55. The molecule has 0 bridgehead atoms. The van der Waals surface area contributed by atoms with Gasteiger partial charge in [0.2, 0.25) is 0 Å². The van der Waals surface area contributed by atoms with Crippen LogP contribution in [0.3, 0.4) is 0 Å². The van der Waals surface area contributed by atoms with E-state index in [0.717, 1.165) is 4.90 Å². The number of benzene rings is 2. The number of thioether (sulfide) groups is 1. The summed E-state index contributed by atoms with van der Waals surface area (Å²) >= 11 is 7.23. The summed E-state index contributed by atoms with van der Waals surface area (Å²) in [5, 5.41) is 0.375. The molecular formula is C15H14ClF2NS. The zero-order chi connectivity index (χ0) is 14.5. The lowest BCUT2D eigenvalue weighted by molar-refractivity contribution is 0.597. The minimum Gasteiger partial charge on any atom is -0.327 e. The molecule has 2 rings (SSSR count). The highest BCUT2D eigenvalue weighted by Crippen LogP contribution is 2.21. The van der Waals surface area contributed by atoms with E-state index in [1.807, 2.05) is 0 Å². The lowest BCUT2D eigenvalue weighted by Gasteiger charge is -2.12. The molecule has 2 N–H and O–H groups in total. The largest absolute Gasteiger partial charge is 0.327 e. The van der Waals surface area contributed by atoms with Crippen LogP contribution in [0.5, 0.6) is 0 Å². The van der Waals surface area contributed by atoms with E-state index in [-0.39, 0.29) is 17.7 Å². The van der Waals surface area contributed by atoms with Crippen LogP contribution in [-0.2, 0) is 6.42 Å². The predicted octanol–water partition coefficient (Wildman–Crippen LogP) is 4.28. The Labute approximate surface area is 126 Å². The van der Waals surface area contributed by atoms with E-state index in [9.17, 15) is 8.78 Å². The molecule has 0 aliphatic rings. The Morgan fingerprint density at radius 1 is 1.10 bits per heavy atom. The summed E-state index contributed by atoms with van der Waals surface area (Å²) < 4.78 is 26.4. The van der Waals surface area contributed by atoms with E-state index < -0.39 is 0 Å². The van der Waals surface area contributed by atoms with Crippen LogP contribution in [0.15, 0.2) is 47.4 Å². The topological polar surface area (TPSA) is 26.0 Å². The zero-order valence-electron chi connectivity index (χ0n) is 10.7. The van der Waals surface area contributed by atoms with Gasteiger partial charge in [-0.25, -0.2) is 8.78 Å². The first-order valence-electron chi connectivity index (χ1n) is 6.12. The van der Waals surface area contributed by atoms with Crippen LogP contribution in [0, 0.1) is 11.6 Å². The Bertz CT molecular complexity index is 575. The van der Waals surface area contributed by atoms with Gasteiger partial charge in [0.05, 0.1) is 0 Å². The van der Waals surface area contributed by atoms with Gasteiger partial charge in [0, 0.05) is 21.7 Å². The second-order valence-electron chi connectivity index (χ2n) is 4.46. The second kappa shape index (κ2) is 7.07. The van der Waals surface area contributed by atoms with E-state index >= 15 is 0 Å². The summed E-state index contributed by atoms with van der Waals surface area (Å²) in [7, 11) is 0. The molecule has 0 radical (unpaired) electrons. The molecule has 0 aliphatic carbocycles. The van der Waals surface area contributed by atoms with Crippen molar-refractivity contribution in [3.05, 3.63) is 64.7 Å². The molecule has 0 heterocycles. The minimum absolute atomic E-state index is 0.180. The fourth-order valence-electron chi connectivity index (χ4n) is 1.76. The van der Waals surface area contributed by atoms with E-state index in [1.165, 1.54) is 30.0 Å². The Kier molecular flexibility index (Phi) is 5.40. The summed E-state index contributed by atoms with van der Waals surface area (Å²) in [5.74, 6) is 0.0369. The van der Waals surface area contributed by atoms with Crippen LogP contribution in [0.4, 0.5) is 8.78 Å². The smallest absolute Gasteiger partial charge is 0.127 e. The van der Waals surface area contributed by atoms with Crippen molar-refractivity contribution in [2.75, 3.05) is 5.75 Å². The first kappa shape index (κ1) is 15.3. The zero-order valence-corrected chi connectivity index (χ0v) is 12.2. The molecular weight excluding hydrogens is 300 g/mol. The monoisotopic (exact) mass is 313 g/mol. The molecule has 2 aromatic rings. The van der Waals surface area contributed by atoms with Crippen molar-refractivity contribution in [1.82, 2.24) is 0 Å². The van der Waals surface area contributed by atoms with E-state index in [4.69, 9.17) is 17.3 Å². The Hall–Kier alpha value is -1.10. The standard InChI is InChI=1S/C15H14ClF2NS/c16-11-2-1-10(15(18)8-11)7-13(19)9-20-14-5-3-12(17)4-6-14/h1-6,8,13H,7,9,19H2. The lowest BCUT2D eigenvalue weighted by atomic mass is 10.1. The molecule has 20 heavy (non-hydrogen) atoms. The van der Waals surface area contributed by atoms with Gasteiger partial charge in [-0.2, -0.15) is 0 Å². The number of halogens is 3. The van der Waals surface area contributed by atoms with Crippen LogP contribution in [0.2, 0.25) is 5.02 Å². The van der Waals surface area contributed by atoms with Gasteiger partial charge in [-0.05, 0) is 48.4 Å². The summed E-state index contributed by atoms with van der Waals surface area (Å²) in [6.07, 6.45) is 0.442. The summed E-state index contributed by atoms with van der Waals surface area (Å²) in [6.45, 7) is 0. The van der Waals surface area contributed by atoms with Gasteiger partial charge in [0.1, 0.15) is 11.6 Å². The van der Waals surface area contributed by atoms with Crippen molar-refractivity contribution >= 4 is 23.4 Å². The molecule has 0 aliphatic heterocycles. The third-order valence-corrected chi connectivity index (χ3v) is 4.21. The fraction of sp³-hybridized carbons (Fsp3) is 0.200. The van der Waals surface area contributed by atoms with Gasteiger partial charge < -0.3 is 5.73 Å². The highest BCUT2D eigenvalue weighted by molar-refractivity contribution is 7.99. The van der Waals surface area contributed by atoms with E-state index in [0.29, 0.717) is 22.8 Å². The maximum atomic E-state index is 13.6. The van der Waals surface area contributed by atoms with E-state index in [1.54, 1.807) is 24.3 Å². The maximum absolute atomic E-state index is 13.6. The van der Waals surface area contributed by atoms with Crippen molar-refractivity contribution in [2.24, 2.45) is 5.73 Å². The van der Waals surface area contributed by atoms with Crippen LogP contribution in [-0.4, -0.2) is 11.8 Å². The number of nitrogens with two attached hydrogens (primary N) is 1. The molecule has 0 fully saturated rings. The van der Waals surface area contributed by atoms with Gasteiger partial charge in [0.15, 0.2) is 0 Å². The fourth-order valence-corrected chi connectivity index (χ4v) is 2.77. The van der Waals surface area contributed by atoms with Gasteiger partial charge in [-0.15, -0.1) is 11.8 Å². The minimum atomic E-state index is -0.334. The molecule has 0 saturated heterocycles. The number of hydrogen-bond acceptors (Lipinski definition) is 2. The Morgan fingerprint density at radius 2 is 1.80 bits per heavy atom. The van der Waals surface area contributed by atoms with Gasteiger partial charge in [-0.1, -0.05) is 17.7 Å². The van der Waals surface area contributed by atoms with Crippen molar-refractivity contribution in [2.45, 2.75) is 17.4 Å². The first-order valence-corrected chi connectivity index (χ1v) is 7.49. The van der Waals surface area contributed by atoms with Crippen molar-refractivity contribution in [1.29, 1.82) is 0 Å². The molecule has 1 unspecified atom stereocenters. The molecule has 5 heteroatoms. The van der Waals surface area contributed by atoms with Gasteiger partial charge in [-0.3, -0.25) is 0 Å². The van der Waals surface area contributed by atoms with Crippen LogP contribution < -0.4 is 5.73 Å². The maximum Gasteiger partial charge on any atom is 0.127 e. The summed E-state index contributed by atoms with van der Waals surface area (Å²) in [4.78, 5) is 0.943. The van der Waals surface area contributed by atoms with Crippen LogP contribution in [0.25, 0.3) is 0 Å². The normalized spacial score (nSPS) is 12.4. The van der Waals surface area contributed by atoms with Gasteiger partial charge >= 0.3 is 0 Å². The Morgan fingerprint density at radius 3 is 2.45 bits per heavy atom. The van der Waals surface area contributed by atoms with Crippen LogP contribution in [0.1, 0.15) is 5.56 Å². The molecule has 0 spiro atoms. The second-order valence-corrected chi connectivity index (χ2v) is 5.99. The van der Waals surface area contributed by atoms with Crippen molar-refractivity contribution in [3.63, 3.8) is 0 Å². The quantitative estimate of drug-likeness (QED) is 0.834. The van der Waals surface area contributed by atoms with Crippen LogP contribution >= 0.6 is 23.4 Å². The highest BCUT2D eigenvalue weighted by atomic mass is 35.5. The van der Waals surface area contributed by atoms with Crippen molar-refractivity contribution < 1.29 is 8.78 Å². The summed E-state index contributed by atoms with van der Waals surface area (Å²) in [6, 6.07) is 10.6. The molecule has 0 aromatic heterocycles. The molecule has 1 atom stereocenters. The predicted molar refractivity (Wildman–Crippen MR) is 80.2 cm³/mol. The number of hydrogen-bond donors (Lipinski definition) is 1. The molecule has 106 valence electrons. The molecule has 1 nitrogen and oxygen atoms in total. The average molecular weight is 314 g/mol. The third kappa shape index (κ3) is 4.47. The molecule has 0 saturated carbocycles. The first-order chi connectivity index (χ1) is 9.54. The van der Waals surface area contributed by atoms with E-state index in [2.05, 4.69) is 0 Å². The third-order valence-electron chi connectivity index (χ3n) is 2.77. The Balaban J connectivity index is 1.89. The SMILES string of the molecule is NC(CSc1ccc(F)cc1)Cc1ccc(Cl)cc1F. The molecule has 0 amide bonds. The lowest BCUT2D eigenvalue weighted by Crippen LogP contribution is -2.26. The van der Waals surface area contributed by atoms with Crippen molar-refractivity contribution in [3.8, 4) is 0 Å². The average Bonchev–Trinajstić information content (AvgIpc) is 2.41. The van der Waals surface area contributed by atoms with Gasteiger partial charge in [0.25, 0.3) is 0 Å².